The third-order valence-electron chi connectivity index (χ3n) is 4.42. The molecular weight excluding hydrogens is 246 g/mol. The second-order valence-corrected chi connectivity index (χ2v) is 5.83. The van der Waals surface area contributed by atoms with Crippen LogP contribution < -0.4 is 0 Å². The second-order valence-electron chi connectivity index (χ2n) is 5.83. The Morgan fingerprint density at radius 3 is 2.40 bits per heavy atom. The number of carbonyl (C=O) groups excluding carboxylic acids is 1. The smallest absolute Gasteiger partial charge is 0.136 e. The van der Waals surface area contributed by atoms with Crippen molar-refractivity contribution in [1.82, 2.24) is 4.98 Å². The van der Waals surface area contributed by atoms with Crippen molar-refractivity contribution in [3.63, 3.8) is 0 Å². The Hall–Kier alpha value is -1.62. The van der Waals surface area contributed by atoms with Gasteiger partial charge in [0, 0.05) is 17.3 Å². The Kier molecular flexibility index (Phi) is 5.95. The van der Waals surface area contributed by atoms with Gasteiger partial charge in [0.1, 0.15) is 5.78 Å². The third kappa shape index (κ3) is 3.70. The Morgan fingerprint density at radius 1 is 1.40 bits per heavy atom. The van der Waals surface area contributed by atoms with Crippen molar-refractivity contribution in [3.05, 3.63) is 30.1 Å². The fraction of sp³-hybridized carbons (Fsp3) is 0.556. The molecule has 0 amide bonds. The van der Waals surface area contributed by atoms with E-state index in [1.54, 1.807) is 6.92 Å². The average molecular weight is 271 g/mol. The van der Waals surface area contributed by atoms with E-state index in [9.17, 15) is 4.79 Å². The van der Waals surface area contributed by atoms with Gasteiger partial charge >= 0.3 is 0 Å². The molecule has 0 saturated heterocycles. The summed E-state index contributed by atoms with van der Waals surface area (Å²) >= 11 is 0. The normalized spacial score (nSPS) is 29.1. The zero-order chi connectivity index (χ0) is 15.2. The summed E-state index contributed by atoms with van der Waals surface area (Å²) in [6, 6.07) is 5.96. The monoisotopic (exact) mass is 271 g/mol. The van der Waals surface area contributed by atoms with E-state index in [4.69, 9.17) is 0 Å². The number of hydrogen-bond donors (Lipinski definition) is 0. The van der Waals surface area contributed by atoms with Gasteiger partial charge in [-0.2, -0.15) is 0 Å². The first-order valence-electron chi connectivity index (χ1n) is 7.32. The highest BCUT2D eigenvalue weighted by atomic mass is 16.1. The van der Waals surface area contributed by atoms with E-state index >= 15 is 0 Å². The maximum absolute atomic E-state index is 11.2. The number of aromatic nitrogens is 1. The third-order valence-corrected chi connectivity index (χ3v) is 4.42. The van der Waals surface area contributed by atoms with Gasteiger partial charge < -0.3 is 0 Å². The lowest BCUT2D eigenvalue weighted by atomic mass is 9.95. The second kappa shape index (κ2) is 7.24. The Labute approximate surface area is 123 Å². The molecule has 0 N–H and O–H groups in total. The fourth-order valence-electron chi connectivity index (χ4n) is 3.31. The van der Waals surface area contributed by atoms with Gasteiger partial charge in [-0.1, -0.05) is 19.9 Å². The maximum Gasteiger partial charge on any atom is 0.136 e. The molecule has 3 rings (SSSR count). The predicted octanol–water partition coefficient (Wildman–Crippen LogP) is 3.91. The molecule has 1 aromatic heterocycles. The van der Waals surface area contributed by atoms with Crippen LogP contribution in [0.4, 0.5) is 0 Å². The molecule has 20 heavy (non-hydrogen) atoms. The van der Waals surface area contributed by atoms with Crippen molar-refractivity contribution >= 4 is 5.78 Å². The van der Waals surface area contributed by atoms with Crippen molar-refractivity contribution < 1.29 is 4.79 Å². The zero-order valence-corrected chi connectivity index (χ0v) is 12.8. The molecule has 1 aromatic rings. The van der Waals surface area contributed by atoms with E-state index in [0.29, 0.717) is 5.78 Å². The molecular formula is C18H25NO. The first-order chi connectivity index (χ1) is 9.58. The molecule has 2 aliphatic carbocycles. The first-order valence-corrected chi connectivity index (χ1v) is 7.32. The van der Waals surface area contributed by atoms with Crippen LogP contribution in [0.25, 0.3) is 0 Å². The molecule has 2 aliphatic rings. The van der Waals surface area contributed by atoms with Gasteiger partial charge in [-0.25, -0.2) is 0 Å². The largest absolute Gasteiger partial charge is 0.299 e. The number of aryl methyl sites for hydroxylation is 1. The van der Waals surface area contributed by atoms with E-state index < -0.39 is 0 Å². The lowest BCUT2D eigenvalue weighted by Gasteiger charge is -2.08. The first kappa shape index (κ1) is 16.4. The molecule has 0 radical (unpaired) electrons. The number of carbonyl (C=O) groups is 1. The molecule has 1 heterocycles. The minimum Gasteiger partial charge on any atom is -0.299 e. The Balaban J connectivity index is 0.000000182. The van der Waals surface area contributed by atoms with Gasteiger partial charge in [0.2, 0.25) is 0 Å². The summed E-state index contributed by atoms with van der Waals surface area (Å²) in [6.07, 6.45) is 14.5. The molecule has 3 atom stereocenters. The fourth-order valence-corrected chi connectivity index (χ4v) is 3.31. The SMILES string of the molecule is C#C.CC(=O)C12CC(C)CC1C2.CCc1ccccn1. The standard InChI is InChI=1S/C9H14O.C7H9N.C2H2/c1-6-3-8-5-9(8,4-6)7(2)10;1-2-7-5-3-4-6-8-7;1-2/h6,8H,3-5H2,1-2H3;3-6H,2H2,1H3;1-2H. The van der Waals surface area contributed by atoms with Gasteiger partial charge in [0.15, 0.2) is 0 Å². The van der Waals surface area contributed by atoms with Crippen LogP contribution in [0.3, 0.4) is 0 Å². The highest BCUT2D eigenvalue weighted by molar-refractivity contribution is 5.86. The summed E-state index contributed by atoms with van der Waals surface area (Å²) < 4.78 is 0. The van der Waals surface area contributed by atoms with Crippen molar-refractivity contribution in [2.75, 3.05) is 0 Å². The number of Topliss-reactive ketones (excluding diaryl/α,β-unsaturated/α-hetero) is 1. The Morgan fingerprint density at radius 2 is 2.10 bits per heavy atom. The van der Waals surface area contributed by atoms with Gasteiger partial charge in [-0.3, -0.25) is 9.78 Å². The van der Waals surface area contributed by atoms with Crippen LogP contribution in [0.15, 0.2) is 24.4 Å². The van der Waals surface area contributed by atoms with Crippen LogP contribution in [0.2, 0.25) is 0 Å². The summed E-state index contributed by atoms with van der Waals surface area (Å²) in [4.78, 5) is 15.3. The summed E-state index contributed by atoms with van der Waals surface area (Å²) in [5.74, 6) is 2.03. The van der Waals surface area contributed by atoms with Crippen LogP contribution in [-0.2, 0) is 11.2 Å². The average Bonchev–Trinajstić information content (AvgIpc) is 3.06. The number of ketones is 1. The number of rotatable bonds is 2. The molecule has 0 spiro atoms. The molecule has 0 aromatic carbocycles. The molecule has 2 nitrogen and oxygen atoms in total. The lowest BCUT2D eigenvalue weighted by Crippen LogP contribution is -2.11. The summed E-state index contributed by atoms with van der Waals surface area (Å²) in [5.41, 5.74) is 1.35. The van der Waals surface area contributed by atoms with Crippen molar-refractivity contribution in [2.45, 2.75) is 46.5 Å². The summed E-state index contributed by atoms with van der Waals surface area (Å²) in [6.45, 7) is 6.12. The van der Waals surface area contributed by atoms with E-state index in [0.717, 1.165) is 24.0 Å². The van der Waals surface area contributed by atoms with Gasteiger partial charge in [0.25, 0.3) is 0 Å². The number of pyridine rings is 1. The van der Waals surface area contributed by atoms with E-state index in [1.807, 2.05) is 24.4 Å². The van der Waals surface area contributed by atoms with Crippen LogP contribution in [0.5, 0.6) is 0 Å². The number of terminal acetylenes is 1. The summed E-state index contributed by atoms with van der Waals surface area (Å²) in [7, 11) is 0. The van der Waals surface area contributed by atoms with E-state index in [1.165, 1.54) is 19.3 Å². The summed E-state index contributed by atoms with van der Waals surface area (Å²) in [5, 5.41) is 0. The predicted molar refractivity (Wildman–Crippen MR) is 83.1 cm³/mol. The number of fused-ring (bicyclic) bond motifs is 1. The number of nitrogens with zero attached hydrogens (tertiary/aromatic N) is 1. The highest BCUT2D eigenvalue weighted by Crippen LogP contribution is 2.65. The zero-order valence-electron chi connectivity index (χ0n) is 12.8. The van der Waals surface area contributed by atoms with E-state index in [2.05, 4.69) is 31.7 Å². The maximum atomic E-state index is 11.2. The lowest BCUT2D eigenvalue weighted by molar-refractivity contribution is -0.122. The van der Waals surface area contributed by atoms with Crippen LogP contribution in [0.1, 0.15) is 45.7 Å². The molecule has 2 saturated carbocycles. The minimum absolute atomic E-state index is 0.194. The van der Waals surface area contributed by atoms with Crippen molar-refractivity contribution in [3.8, 4) is 12.8 Å². The molecule has 3 unspecified atom stereocenters. The minimum atomic E-state index is 0.194. The molecule has 0 aliphatic heterocycles. The topological polar surface area (TPSA) is 30.0 Å². The Bertz CT molecular complexity index is 451. The van der Waals surface area contributed by atoms with Crippen molar-refractivity contribution in [2.24, 2.45) is 17.3 Å². The number of hydrogen-bond acceptors (Lipinski definition) is 2. The molecule has 0 bridgehead atoms. The quantitative estimate of drug-likeness (QED) is 0.763. The molecule has 108 valence electrons. The van der Waals surface area contributed by atoms with Crippen LogP contribution in [0, 0.1) is 30.1 Å². The van der Waals surface area contributed by atoms with Gasteiger partial charge in [-0.15, -0.1) is 12.8 Å². The van der Waals surface area contributed by atoms with Gasteiger partial charge in [0.05, 0.1) is 0 Å². The molecule has 2 heteroatoms. The van der Waals surface area contributed by atoms with Gasteiger partial charge in [-0.05, 0) is 56.6 Å². The van der Waals surface area contributed by atoms with Crippen molar-refractivity contribution in [1.29, 1.82) is 0 Å². The van der Waals surface area contributed by atoms with Crippen LogP contribution >= 0.6 is 0 Å². The molecule has 2 fully saturated rings. The van der Waals surface area contributed by atoms with Crippen LogP contribution in [-0.4, -0.2) is 10.8 Å². The van der Waals surface area contributed by atoms with E-state index in [-0.39, 0.29) is 5.41 Å². The highest BCUT2D eigenvalue weighted by Gasteiger charge is 2.61.